The van der Waals surface area contributed by atoms with E-state index >= 15 is 0 Å². The van der Waals surface area contributed by atoms with Crippen LogP contribution in [0.1, 0.15) is 50.7 Å². The normalized spacial score (nSPS) is 17.4. The zero-order valence-electron chi connectivity index (χ0n) is 21.6. The summed E-state index contributed by atoms with van der Waals surface area (Å²) in [6, 6.07) is 6.50. The number of aromatic nitrogens is 4. The van der Waals surface area contributed by atoms with Gasteiger partial charge in [-0.25, -0.2) is 9.48 Å². The number of ether oxygens (including phenoxy) is 2. The number of methoxy groups -OCH3 is 1. The van der Waals surface area contributed by atoms with Gasteiger partial charge in [0.05, 0.1) is 24.9 Å². The summed E-state index contributed by atoms with van der Waals surface area (Å²) in [5, 5.41) is 15.4. The molecule has 192 valence electrons. The number of aliphatic hydroxyl groups excluding tert-OH is 1. The molecular formula is C26H34N6O4. The third-order valence-electron chi connectivity index (χ3n) is 6.81. The van der Waals surface area contributed by atoms with Crippen molar-refractivity contribution in [2.45, 2.75) is 58.2 Å². The number of aliphatic hydroxyl groups is 1. The Morgan fingerprint density at radius 2 is 1.78 bits per heavy atom. The molecule has 1 N–H and O–H groups in total. The Bertz CT molecular complexity index is 1270. The number of carbonyl (C=O) groups excluding carboxylic acids is 1. The second-order valence-electron chi connectivity index (χ2n) is 10.7. The summed E-state index contributed by atoms with van der Waals surface area (Å²) in [5.41, 5.74) is 2.95. The van der Waals surface area contributed by atoms with Crippen LogP contribution in [0.5, 0.6) is 6.01 Å². The largest absolute Gasteiger partial charge is 0.467 e. The third-order valence-corrected chi connectivity index (χ3v) is 6.81. The van der Waals surface area contributed by atoms with Gasteiger partial charge >= 0.3 is 12.1 Å². The Morgan fingerprint density at radius 3 is 2.42 bits per heavy atom. The van der Waals surface area contributed by atoms with E-state index in [2.05, 4.69) is 34.1 Å². The molecule has 0 atom stereocenters. The van der Waals surface area contributed by atoms with Crippen LogP contribution in [-0.4, -0.2) is 80.8 Å². The van der Waals surface area contributed by atoms with Crippen molar-refractivity contribution in [2.75, 3.05) is 38.2 Å². The predicted octanol–water partition coefficient (Wildman–Crippen LogP) is 3.43. The number of hydrogen-bond donors (Lipinski definition) is 1. The molecule has 2 aromatic heterocycles. The van der Waals surface area contributed by atoms with Gasteiger partial charge in [0.1, 0.15) is 11.4 Å². The molecule has 3 aromatic rings. The molecule has 0 saturated carbocycles. The maximum Gasteiger partial charge on any atom is 0.410 e. The number of aryl methyl sites for hydroxylation is 1. The topological polar surface area (TPSA) is 106 Å². The monoisotopic (exact) mass is 494 g/mol. The van der Waals surface area contributed by atoms with Crippen LogP contribution in [0.15, 0.2) is 24.4 Å². The van der Waals surface area contributed by atoms with E-state index in [0.717, 1.165) is 23.7 Å². The summed E-state index contributed by atoms with van der Waals surface area (Å²) >= 11 is 0. The molecule has 5 rings (SSSR count). The first-order valence-corrected chi connectivity index (χ1v) is 12.4. The number of nitrogens with zero attached hydrogens (tertiary/aromatic N) is 6. The molecule has 4 heterocycles. The van der Waals surface area contributed by atoms with E-state index in [1.807, 2.05) is 42.6 Å². The Morgan fingerprint density at radius 1 is 1.08 bits per heavy atom. The van der Waals surface area contributed by atoms with Crippen molar-refractivity contribution in [1.82, 2.24) is 24.6 Å². The lowest BCUT2D eigenvalue weighted by molar-refractivity contribution is 0.0204. The number of anilines is 1. The van der Waals surface area contributed by atoms with Crippen molar-refractivity contribution < 1.29 is 19.4 Å². The average Bonchev–Trinajstić information content (AvgIpc) is 3.23. The van der Waals surface area contributed by atoms with Crippen molar-refractivity contribution in [1.29, 1.82) is 0 Å². The average molecular weight is 495 g/mol. The predicted molar refractivity (Wildman–Crippen MR) is 136 cm³/mol. The minimum Gasteiger partial charge on any atom is -0.467 e. The minimum absolute atomic E-state index is 0.241. The highest BCUT2D eigenvalue weighted by Crippen LogP contribution is 2.34. The number of piperidine rings is 1. The molecule has 2 aliphatic heterocycles. The Kier molecular flexibility index (Phi) is 6.23. The van der Waals surface area contributed by atoms with Crippen molar-refractivity contribution in [3.63, 3.8) is 0 Å². The van der Waals surface area contributed by atoms with E-state index in [0.29, 0.717) is 43.7 Å². The van der Waals surface area contributed by atoms with Gasteiger partial charge in [-0.2, -0.15) is 15.1 Å². The fourth-order valence-corrected chi connectivity index (χ4v) is 4.93. The van der Waals surface area contributed by atoms with Crippen molar-refractivity contribution >= 4 is 22.8 Å². The Hall–Kier alpha value is -3.40. The number of carbonyl (C=O) groups is 1. The zero-order valence-corrected chi connectivity index (χ0v) is 21.6. The summed E-state index contributed by atoms with van der Waals surface area (Å²) in [6.45, 7) is 10.2. The SMILES string of the molecule is COc1nc(N2CC(O)C2)cc(-n2ncc3cc(C)c(C4CCN(C(=O)OC(C)(C)C)CC4)cc32)n1. The maximum absolute atomic E-state index is 12.5. The highest BCUT2D eigenvalue weighted by atomic mass is 16.6. The standard InChI is InChI=1S/C26H34N6O4/c1-16-10-18-13-27-32(23-12-22(28-24(29-23)35-5)31-14-19(33)15-31)21(18)11-20(16)17-6-8-30(9-7-17)25(34)36-26(2,3)4/h10-13,17,19,33H,6-9,14-15H2,1-5H3. The molecule has 36 heavy (non-hydrogen) atoms. The summed E-state index contributed by atoms with van der Waals surface area (Å²) in [7, 11) is 1.54. The van der Waals surface area contributed by atoms with Crippen molar-refractivity contribution in [3.8, 4) is 11.8 Å². The lowest BCUT2D eigenvalue weighted by atomic mass is 9.86. The fraction of sp³-hybridized carbons (Fsp3) is 0.538. The van der Waals surface area contributed by atoms with Crippen molar-refractivity contribution in [2.24, 2.45) is 0 Å². The first kappa shape index (κ1) is 24.3. The fourth-order valence-electron chi connectivity index (χ4n) is 4.93. The molecule has 1 aromatic carbocycles. The van der Waals surface area contributed by atoms with Gasteiger partial charge in [-0.05, 0) is 69.7 Å². The van der Waals surface area contributed by atoms with Gasteiger partial charge in [-0.3, -0.25) is 0 Å². The minimum atomic E-state index is -0.493. The van der Waals surface area contributed by atoms with E-state index in [-0.39, 0.29) is 18.2 Å². The number of rotatable bonds is 4. The molecule has 2 aliphatic rings. The molecule has 10 nitrogen and oxygen atoms in total. The number of hydrogen-bond acceptors (Lipinski definition) is 8. The highest BCUT2D eigenvalue weighted by Gasteiger charge is 2.29. The van der Waals surface area contributed by atoms with Crippen LogP contribution in [0.25, 0.3) is 16.7 Å². The van der Waals surface area contributed by atoms with Gasteiger partial charge in [0.15, 0.2) is 5.82 Å². The molecular weight excluding hydrogens is 460 g/mol. The van der Waals surface area contributed by atoms with Crippen LogP contribution >= 0.6 is 0 Å². The first-order chi connectivity index (χ1) is 17.1. The second-order valence-corrected chi connectivity index (χ2v) is 10.7. The van der Waals surface area contributed by atoms with Crippen molar-refractivity contribution in [3.05, 3.63) is 35.5 Å². The highest BCUT2D eigenvalue weighted by molar-refractivity contribution is 5.82. The van der Waals surface area contributed by atoms with Crippen LogP contribution in [0.2, 0.25) is 0 Å². The molecule has 2 fully saturated rings. The second kappa shape index (κ2) is 9.24. The number of benzene rings is 1. The van der Waals surface area contributed by atoms with Gasteiger partial charge in [0.25, 0.3) is 0 Å². The lowest BCUT2D eigenvalue weighted by Gasteiger charge is -2.36. The molecule has 1 amide bonds. The summed E-state index contributed by atoms with van der Waals surface area (Å²) in [5.74, 6) is 1.66. The zero-order chi connectivity index (χ0) is 25.6. The number of amides is 1. The number of likely N-dealkylation sites (tertiary alicyclic amines) is 1. The van der Waals surface area contributed by atoms with Crippen LogP contribution in [0, 0.1) is 6.92 Å². The van der Waals surface area contributed by atoms with E-state index in [1.165, 1.54) is 11.1 Å². The van der Waals surface area contributed by atoms with Gasteiger partial charge in [-0.15, -0.1) is 0 Å². The molecule has 0 unspecified atom stereocenters. The Labute approximate surface area is 210 Å². The first-order valence-electron chi connectivity index (χ1n) is 12.4. The number of fused-ring (bicyclic) bond motifs is 1. The van der Waals surface area contributed by atoms with Gasteiger partial charge < -0.3 is 24.4 Å². The van der Waals surface area contributed by atoms with Crippen LogP contribution in [0.3, 0.4) is 0 Å². The van der Waals surface area contributed by atoms with Crippen LogP contribution in [0.4, 0.5) is 10.6 Å². The van der Waals surface area contributed by atoms with Gasteiger partial charge in [0, 0.05) is 37.6 Å². The van der Waals surface area contributed by atoms with Crippen LogP contribution < -0.4 is 9.64 Å². The van der Waals surface area contributed by atoms with E-state index in [1.54, 1.807) is 12.0 Å². The molecule has 2 saturated heterocycles. The lowest BCUT2D eigenvalue weighted by Crippen LogP contribution is -2.51. The quantitative estimate of drug-likeness (QED) is 0.588. The van der Waals surface area contributed by atoms with E-state index in [9.17, 15) is 9.90 Å². The summed E-state index contributed by atoms with van der Waals surface area (Å²) < 4.78 is 12.7. The van der Waals surface area contributed by atoms with Gasteiger partial charge in [0.2, 0.25) is 0 Å². The molecule has 0 bridgehead atoms. The van der Waals surface area contributed by atoms with Crippen LogP contribution in [-0.2, 0) is 4.74 Å². The molecule has 10 heteroatoms. The Balaban J connectivity index is 1.41. The van der Waals surface area contributed by atoms with E-state index < -0.39 is 5.60 Å². The van der Waals surface area contributed by atoms with Gasteiger partial charge in [-0.1, -0.05) is 0 Å². The molecule has 0 radical (unpaired) electrons. The smallest absolute Gasteiger partial charge is 0.410 e. The summed E-state index contributed by atoms with van der Waals surface area (Å²) in [4.78, 5) is 25.3. The van der Waals surface area contributed by atoms with E-state index in [4.69, 9.17) is 9.47 Å². The summed E-state index contributed by atoms with van der Waals surface area (Å²) in [6.07, 6.45) is 3.02. The maximum atomic E-state index is 12.5. The number of β-amino-alcohol motifs (C(OH)–C–C–N with tert-alkyl or cyclic N) is 1. The third kappa shape index (κ3) is 4.82. The molecule has 0 aliphatic carbocycles. The molecule has 0 spiro atoms.